The Morgan fingerprint density at radius 1 is 0.912 bits per heavy atom. The maximum absolute atomic E-state index is 12.6. The first-order chi connectivity index (χ1) is 16.7. The molecule has 5 rings (SSSR count). The second-order valence-electron chi connectivity index (χ2n) is 8.00. The number of ether oxygens (including phenoxy) is 1. The smallest absolute Gasteiger partial charge is 0.193 e. The number of hydrogen-bond donors (Lipinski definition) is 1. The molecule has 2 aromatic heterocycles. The average molecular weight is 453 g/mol. The molecule has 0 amide bonds. The van der Waals surface area contributed by atoms with E-state index in [9.17, 15) is 4.79 Å². The van der Waals surface area contributed by atoms with Crippen molar-refractivity contribution in [3.8, 4) is 17.1 Å². The van der Waals surface area contributed by atoms with Gasteiger partial charge >= 0.3 is 0 Å². The Balaban J connectivity index is 1.30. The van der Waals surface area contributed by atoms with Gasteiger partial charge in [0.1, 0.15) is 23.7 Å². The van der Waals surface area contributed by atoms with E-state index in [0.29, 0.717) is 42.2 Å². The summed E-state index contributed by atoms with van der Waals surface area (Å²) in [5.41, 5.74) is 3.38. The Hall–Kier alpha value is -4.23. The number of benzene rings is 3. The largest absolute Gasteiger partial charge is 0.492 e. The Morgan fingerprint density at radius 2 is 1.71 bits per heavy atom. The molecule has 3 aromatic carbocycles. The quantitative estimate of drug-likeness (QED) is 0.350. The lowest BCUT2D eigenvalue weighted by Crippen LogP contribution is -2.28. The molecule has 0 aliphatic heterocycles. The van der Waals surface area contributed by atoms with Gasteiger partial charge in [-0.25, -0.2) is 0 Å². The Kier molecular flexibility index (Phi) is 6.45. The van der Waals surface area contributed by atoms with E-state index in [2.05, 4.69) is 32.4 Å². The van der Waals surface area contributed by atoms with Crippen LogP contribution in [-0.4, -0.2) is 33.5 Å². The molecule has 7 heteroatoms. The van der Waals surface area contributed by atoms with Gasteiger partial charge in [-0.3, -0.25) is 9.69 Å². The first kappa shape index (κ1) is 21.6. The van der Waals surface area contributed by atoms with Crippen molar-refractivity contribution in [2.75, 3.05) is 13.2 Å². The highest BCUT2D eigenvalue weighted by Crippen LogP contribution is 2.25. The first-order valence-electron chi connectivity index (χ1n) is 11.1. The molecule has 0 spiro atoms. The summed E-state index contributed by atoms with van der Waals surface area (Å²) in [6, 6.07) is 26.8. The van der Waals surface area contributed by atoms with Crippen molar-refractivity contribution in [2.24, 2.45) is 0 Å². The molecule has 0 fully saturated rings. The topological polar surface area (TPSA) is 84.2 Å². The van der Waals surface area contributed by atoms with Crippen LogP contribution in [0.3, 0.4) is 0 Å². The fraction of sp³-hybridized carbons (Fsp3) is 0.148. The number of H-pyrrole nitrogens is 1. The molecule has 0 radical (unpaired) electrons. The molecule has 0 saturated carbocycles. The monoisotopic (exact) mass is 452 g/mol. The summed E-state index contributed by atoms with van der Waals surface area (Å²) in [4.78, 5) is 14.8. The fourth-order valence-electron chi connectivity index (χ4n) is 3.85. The highest BCUT2D eigenvalue weighted by Gasteiger charge is 2.11. The normalized spacial score (nSPS) is 11.2. The van der Waals surface area contributed by atoms with Crippen LogP contribution in [0.5, 0.6) is 5.75 Å². The van der Waals surface area contributed by atoms with Gasteiger partial charge in [0.25, 0.3) is 0 Å². The summed E-state index contributed by atoms with van der Waals surface area (Å²) in [6.45, 7) is 2.58. The van der Waals surface area contributed by atoms with Crippen LogP contribution in [0.4, 0.5) is 0 Å². The van der Waals surface area contributed by atoms with Crippen molar-refractivity contribution in [1.82, 2.24) is 20.3 Å². The van der Waals surface area contributed by atoms with Crippen molar-refractivity contribution < 1.29 is 9.15 Å². The lowest BCUT2D eigenvalue weighted by molar-refractivity contribution is 0.194. The van der Waals surface area contributed by atoms with Crippen LogP contribution >= 0.6 is 0 Å². The Bertz CT molecular complexity index is 1400. The van der Waals surface area contributed by atoms with Crippen LogP contribution in [0, 0.1) is 0 Å². The molecule has 2 heterocycles. The van der Waals surface area contributed by atoms with Gasteiger partial charge in [-0.15, -0.1) is 0 Å². The fourth-order valence-corrected chi connectivity index (χ4v) is 3.85. The van der Waals surface area contributed by atoms with Crippen molar-refractivity contribution in [2.45, 2.75) is 13.1 Å². The lowest BCUT2D eigenvalue weighted by Gasteiger charge is -2.21. The number of aromatic amines is 1. The number of hydrogen-bond acceptors (Lipinski definition) is 6. The van der Waals surface area contributed by atoms with E-state index in [4.69, 9.17) is 9.15 Å². The molecule has 7 nitrogen and oxygen atoms in total. The van der Waals surface area contributed by atoms with Gasteiger partial charge in [0.15, 0.2) is 5.43 Å². The molecule has 0 aliphatic carbocycles. The molecule has 1 N–H and O–H groups in total. The van der Waals surface area contributed by atoms with E-state index in [1.54, 1.807) is 24.4 Å². The van der Waals surface area contributed by atoms with Crippen molar-refractivity contribution in [3.05, 3.63) is 113 Å². The van der Waals surface area contributed by atoms with Crippen molar-refractivity contribution in [3.63, 3.8) is 0 Å². The van der Waals surface area contributed by atoms with E-state index in [-0.39, 0.29) is 5.43 Å². The highest BCUT2D eigenvalue weighted by molar-refractivity contribution is 5.80. The van der Waals surface area contributed by atoms with Crippen LogP contribution < -0.4 is 10.2 Å². The van der Waals surface area contributed by atoms with E-state index in [1.807, 2.05) is 48.5 Å². The SMILES string of the molecule is O=c1cc(-c2ccccc2)oc2cc(OCCN(Cc3ccccc3)Cc3cn[nH]n3)ccc12. The summed E-state index contributed by atoms with van der Waals surface area (Å²) in [5, 5.41) is 11.3. The molecule has 0 unspecified atom stereocenters. The number of nitrogens with one attached hydrogen (secondary N) is 1. The van der Waals surface area contributed by atoms with E-state index < -0.39 is 0 Å². The second-order valence-corrected chi connectivity index (χ2v) is 8.00. The zero-order valence-electron chi connectivity index (χ0n) is 18.6. The number of nitrogens with zero attached hydrogens (tertiary/aromatic N) is 3. The van der Waals surface area contributed by atoms with Crippen LogP contribution in [0.25, 0.3) is 22.3 Å². The summed E-state index contributed by atoms with van der Waals surface area (Å²) < 4.78 is 12.1. The minimum absolute atomic E-state index is 0.0756. The van der Waals surface area contributed by atoms with Gasteiger partial charge in [0.2, 0.25) is 0 Å². The van der Waals surface area contributed by atoms with Crippen molar-refractivity contribution in [1.29, 1.82) is 0 Å². The molecule has 170 valence electrons. The summed E-state index contributed by atoms with van der Waals surface area (Å²) >= 11 is 0. The zero-order valence-corrected chi connectivity index (χ0v) is 18.6. The van der Waals surface area contributed by atoms with E-state index in [0.717, 1.165) is 17.8 Å². The molecule has 34 heavy (non-hydrogen) atoms. The van der Waals surface area contributed by atoms with Gasteiger partial charge in [-0.1, -0.05) is 60.7 Å². The van der Waals surface area contributed by atoms with E-state index in [1.165, 1.54) is 11.6 Å². The maximum Gasteiger partial charge on any atom is 0.193 e. The predicted molar refractivity (Wildman–Crippen MR) is 130 cm³/mol. The highest BCUT2D eigenvalue weighted by atomic mass is 16.5. The third-order valence-electron chi connectivity index (χ3n) is 5.53. The van der Waals surface area contributed by atoms with Crippen LogP contribution in [0.2, 0.25) is 0 Å². The Labute approximate surface area is 196 Å². The molecule has 0 aliphatic rings. The molecule has 5 aromatic rings. The number of aromatic nitrogens is 3. The van der Waals surface area contributed by atoms with Gasteiger partial charge < -0.3 is 9.15 Å². The minimum atomic E-state index is -0.0756. The predicted octanol–water partition coefficient (Wildman–Crippen LogP) is 4.66. The first-order valence-corrected chi connectivity index (χ1v) is 11.1. The average Bonchev–Trinajstić information content (AvgIpc) is 3.38. The van der Waals surface area contributed by atoms with Crippen LogP contribution in [0.1, 0.15) is 11.3 Å². The van der Waals surface area contributed by atoms with Gasteiger partial charge in [0, 0.05) is 37.3 Å². The minimum Gasteiger partial charge on any atom is -0.492 e. The van der Waals surface area contributed by atoms with Crippen molar-refractivity contribution >= 4 is 11.0 Å². The standard InChI is InChI=1S/C27H24N4O3/c32-25-16-26(21-9-5-2-6-10-21)34-27-15-23(11-12-24(25)27)33-14-13-31(19-22-17-28-30-29-22)18-20-7-3-1-4-8-20/h1-12,15-17H,13-14,18-19H2,(H,28,29,30). The Morgan fingerprint density at radius 3 is 2.47 bits per heavy atom. The molecule has 0 saturated heterocycles. The summed E-state index contributed by atoms with van der Waals surface area (Å²) in [5.74, 6) is 1.19. The summed E-state index contributed by atoms with van der Waals surface area (Å²) in [7, 11) is 0. The third kappa shape index (κ3) is 5.22. The van der Waals surface area contributed by atoms with Gasteiger partial charge in [-0.2, -0.15) is 15.4 Å². The molecule has 0 bridgehead atoms. The number of rotatable bonds is 9. The van der Waals surface area contributed by atoms with Gasteiger partial charge in [-0.05, 0) is 17.7 Å². The third-order valence-corrected chi connectivity index (χ3v) is 5.53. The van der Waals surface area contributed by atoms with Gasteiger partial charge in [0.05, 0.1) is 17.3 Å². The molecular weight excluding hydrogens is 428 g/mol. The van der Waals surface area contributed by atoms with Crippen LogP contribution in [-0.2, 0) is 13.1 Å². The maximum atomic E-state index is 12.6. The molecule has 0 atom stereocenters. The summed E-state index contributed by atoms with van der Waals surface area (Å²) in [6.07, 6.45) is 1.73. The van der Waals surface area contributed by atoms with E-state index >= 15 is 0 Å². The zero-order chi connectivity index (χ0) is 23.2. The number of fused-ring (bicyclic) bond motifs is 1. The van der Waals surface area contributed by atoms with Crippen LogP contribution in [0.15, 0.2) is 100 Å². The lowest BCUT2D eigenvalue weighted by atomic mass is 10.1. The molecular formula is C27H24N4O3. The second kappa shape index (κ2) is 10.1.